The van der Waals surface area contributed by atoms with Crippen LogP contribution in [0.25, 0.3) is 0 Å². The second kappa shape index (κ2) is 3.68. The van der Waals surface area contributed by atoms with Crippen LogP contribution in [0, 0.1) is 6.92 Å². The lowest BCUT2D eigenvalue weighted by Crippen LogP contribution is -1.93. The van der Waals surface area contributed by atoms with E-state index in [2.05, 4.69) is 13.8 Å². The summed E-state index contributed by atoms with van der Waals surface area (Å²) in [5, 5.41) is 1.48. The molecule has 0 heterocycles. The number of halogens is 2. The van der Waals surface area contributed by atoms with Gasteiger partial charge in [0.1, 0.15) is 0 Å². The fourth-order valence-electron chi connectivity index (χ4n) is 1.44. The second-order valence-electron chi connectivity index (χ2n) is 3.27. The first-order chi connectivity index (χ1) is 5.52. The molecule has 0 fully saturated rings. The van der Waals surface area contributed by atoms with E-state index in [0.717, 1.165) is 5.02 Å². The van der Waals surface area contributed by atoms with E-state index >= 15 is 0 Å². The van der Waals surface area contributed by atoms with E-state index in [-0.39, 0.29) is 0 Å². The van der Waals surface area contributed by atoms with Crippen molar-refractivity contribution in [1.29, 1.82) is 0 Å². The molecule has 1 rings (SSSR count). The summed E-state index contributed by atoms with van der Waals surface area (Å²) in [6, 6.07) is 3.74. The molecule has 0 radical (unpaired) electrons. The molecule has 0 saturated carbocycles. The van der Waals surface area contributed by atoms with Gasteiger partial charge < -0.3 is 0 Å². The lowest BCUT2D eigenvalue weighted by atomic mass is 9.98. The smallest absolute Gasteiger partial charge is 0.0458 e. The molecule has 0 N–H and O–H groups in total. The number of aryl methyl sites for hydroxylation is 1. The topological polar surface area (TPSA) is 0 Å². The zero-order valence-corrected chi connectivity index (χ0v) is 9.00. The Hall–Kier alpha value is -0.200. The third-order valence-electron chi connectivity index (χ3n) is 1.88. The standard InChI is InChI=1S/C10H12Cl2/c1-6(2)10-7(3)4-8(11)5-9(10)12/h4-6H,1-3H3. The molecule has 66 valence electrons. The number of hydrogen-bond acceptors (Lipinski definition) is 0. The third-order valence-corrected chi connectivity index (χ3v) is 2.41. The Morgan fingerprint density at radius 3 is 2.17 bits per heavy atom. The van der Waals surface area contributed by atoms with Crippen molar-refractivity contribution in [3.05, 3.63) is 33.3 Å². The van der Waals surface area contributed by atoms with Crippen LogP contribution in [0.3, 0.4) is 0 Å². The van der Waals surface area contributed by atoms with Crippen LogP contribution in [0.5, 0.6) is 0 Å². The molecule has 0 aliphatic heterocycles. The van der Waals surface area contributed by atoms with Crippen molar-refractivity contribution < 1.29 is 0 Å². The third kappa shape index (κ3) is 1.94. The van der Waals surface area contributed by atoms with Crippen LogP contribution < -0.4 is 0 Å². The Kier molecular flexibility index (Phi) is 3.03. The lowest BCUT2D eigenvalue weighted by molar-refractivity contribution is 0.857. The fourth-order valence-corrected chi connectivity index (χ4v) is 2.26. The van der Waals surface area contributed by atoms with Gasteiger partial charge in [0.25, 0.3) is 0 Å². The number of rotatable bonds is 1. The molecule has 12 heavy (non-hydrogen) atoms. The summed E-state index contributed by atoms with van der Waals surface area (Å²) in [6.45, 7) is 6.29. The van der Waals surface area contributed by atoms with Gasteiger partial charge in [-0.1, -0.05) is 37.0 Å². The first-order valence-electron chi connectivity index (χ1n) is 3.98. The Balaban J connectivity index is 3.28. The van der Waals surface area contributed by atoms with E-state index in [1.54, 1.807) is 6.07 Å². The van der Waals surface area contributed by atoms with Crippen molar-refractivity contribution >= 4 is 23.2 Å². The maximum absolute atomic E-state index is 6.05. The van der Waals surface area contributed by atoms with Crippen LogP contribution in [0.15, 0.2) is 12.1 Å². The average molecular weight is 203 g/mol. The van der Waals surface area contributed by atoms with Gasteiger partial charge in [-0.25, -0.2) is 0 Å². The maximum atomic E-state index is 6.05. The molecule has 2 heteroatoms. The molecule has 0 aliphatic rings. The van der Waals surface area contributed by atoms with Crippen LogP contribution in [-0.4, -0.2) is 0 Å². The Morgan fingerprint density at radius 1 is 1.17 bits per heavy atom. The van der Waals surface area contributed by atoms with Crippen molar-refractivity contribution in [3.63, 3.8) is 0 Å². The summed E-state index contributed by atoms with van der Waals surface area (Å²) in [4.78, 5) is 0. The predicted octanol–water partition coefficient (Wildman–Crippen LogP) is 4.43. The molecule has 0 bridgehead atoms. The van der Waals surface area contributed by atoms with E-state index in [1.165, 1.54) is 11.1 Å². The predicted molar refractivity (Wildman–Crippen MR) is 55.3 cm³/mol. The summed E-state index contributed by atoms with van der Waals surface area (Å²) in [5.41, 5.74) is 2.36. The molecule has 0 amide bonds. The Morgan fingerprint density at radius 2 is 1.75 bits per heavy atom. The second-order valence-corrected chi connectivity index (χ2v) is 4.12. The SMILES string of the molecule is Cc1cc(Cl)cc(Cl)c1C(C)C. The Bertz CT molecular complexity index is 267. The summed E-state index contributed by atoms with van der Waals surface area (Å²) >= 11 is 11.9. The van der Waals surface area contributed by atoms with Gasteiger partial charge in [0.15, 0.2) is 0 Å². The molecular formula is C10H12Cl2. The fraction of sp³-hybridized carbons (Fsp3) is 0.400. The normalized spacial score (nSPS) is 10.8. The monoisotopic (exact) mass is 202 g/mol. The van der Waals surface area contributed by atoms with Crippen LogP contribution in [0.4, 0.5) is 0 Å². The minimum absolute atomic E-state index is 0.453. The van der Waals surface area contributed by atoms with Crippen LogP contribution in [0.2, 0.25) is 10.0 Å². The van der Waals surface area contributed by atoms with E-state index in [4.69, 9.17) is 23.2 Å². The maximum Gasteiger partial charge on any atom is 0.0458 e. The highest BCUT2D eigenvalue weighted by Crippen LogP contribution is 2.30. The zero-order valence-electron chi connectivity index (χ0n) is 7.49. The molecule has 1 aromatic carbocycles. The molecule has 0 spiro atoms. The summed E-state index contributed by atoms with van der Waals surface area (Å²) in [7, 11) is 0. The van der Waals surface area contributed by atoms with Crippen LogP contribution in [0.1, 0.15) is 30.9 Å². The zero-order chi connectivity index (χ0) is 9.30. The molecule has 0 atom stereocenters. The van der Waals surface area contributed by atoms with Gasteiger partial charge in [0, 0.05) is 10.0 Å². The van der Waals surface area contributed by atoms with Gasteiger partial charge in [-0.15, -0.1) is 0 Å². The highest BCUT2D eigenvalue weighted by Gasteiger charge is 2.08. The molecule has 0 nitrogen and oxygen atoms in total. The van der Waals surface area contributed by atoms with Crippen molar-refractivity contribution in [3.8, 4) is 0 Å². The quantitative estimate of drug-likeness (QED) is 0.633. The molecule has 0 aromatic heterocycles. The minimum Gasteiger partial charge on any atom is -0.0843 e. The van der Waals surface area contributed by atoms with E-state index in [1.807, 2.05) is 13.0 Å². The van der Waals surface area contributed by atoms with Crippen molar-refractivity contribution in [2.45, 2.75) is 26.7 Å². The van der Waals surface area contributed by atoms with E-state index in [9.17, 15) is 0 Å². The summed E-state index contributed by atoms with van der Waals surface area (Å²) < 4.78 is 0. The van der Waals surface area contributed by atoms with Crippen LogP contribution >= 0.6 is 23.2 Å². The summed E-state index contributed by atoms with van der Waals surface area (Å²) in [5.74, 6) is 0.453. The highest BCUT2D eigenvalue weighted by atomic mass is 35.5. The molecular weight excluding hydrogens is 191 g/mol. The van der Waals surface area contributed by atoms with Gasteiger partial charge in [0.05, 0.1) is 0 Å². The highest BCUT2D eigenvalue weighted by molar-refractivity contribution is 6.35. The average Bonchev–Trinajstić information content (AvgIpc) is 1.82. The van der Waals surface area contributed by atoms with E-state index < -0.39 is 0 Å². The van der Waals surface area contributed by atoms with Gasteiger partial charge in [-0.2, -0.15) is 0 Å². The van der Waals surface area contributed by atoms with Crippen molar-refractivity contribution in [2.75, 3.05) is 0 Å². The van der Waals surface area contributed by atoms with Crippen LogP contribution in [-0.2, 0) is 0 Å². The molecule has 0 unspecified atom stereocenters. The first kappa shape index (κ1) is 9.88. The molecule has 0 aliphatic carbocycles. The lowest BCUT2D eigenvalue weighted by Gasteiger charge is -2.11. The number of benzene rings is 1. The summed E-state index contributed by atoms with van der Waals surface area (Å²) in [6.07, 6.45) is 0. The van der Waals surface area contributed by atoms with Gasteiger partial charge in [0.2, 0.25) is 0 Å². The van der Waals surface area contributed by atoms with Crippen molar-refractivity contribution in [2.24, 2.45) is 0 Å². The number of hydrogen-bond donors (Lipinski definition) is 0. The first-order valence-corrected chi connectivity index (χ1v) is 4.73. The van der Waals surface area contributed by atoms with Gasteiger partial charge >= 0.3 is 0 Å². The Labute approximate surface area is 83.5 Å². The van der Waals surface area contributed by atoms with E-state index in [0.29, 0.717) is 10.9 Å². The minimum atomic E-state index is 0.453. The molecule has 1 aromatic rings. The largest absolute Gasteiger partial charge is 0.0843 e. The van der Waals surface area contributed by atoms with Gasteiger partial charge in [-0.3, -0.25) is 0 Å². The van der Waals surface area contributed by atoms with Crippen molar-refractivity contribution in [1.82, 2.24) is 0 Å². The molecule has 0 saturated heterocycles. The van der Waals surface area contributed by atoms with Gasteiger partial charge in [-0.05, 0) is 36.1 Å².